The molecule has 0 aliphatic carbocycles. The first-order valence-electron chi connectivity index (χ1n) is 7.24. The molecule has 0 atom stereocenters. The molecule has 2 amide bonds. The fraction of sp³-hybridized carbons (Fsp3) is 0.176. The van der Waals surface area contributed by atoms with E-state index in [1.807, 2.05) is 18.2 Å². The molecule has 5 heteroatoms. The predicted molar refractivity (Wildman–Crippen MR) is 88.0 cm³/mol. The minimum absolute atomic E-state index is 0.203. The van der Waals surface area contributed by atoms with Crippen LogP contribution in [0, 0.1) is 6.92 Å². The molecular weight excluding hydrogens is 276 g/mol. The van der Waals surface area contributed by atoms with E-state index < -0.39 is 0 Å². The first-order valence-corrected chi connectivity index (χ1v) is 7.24. The molecule has 5 nitrogen and oxygen atoms in total. The van der Waals surface area contributed by atoms with Crippen LogP contribution in [0.4, 0.5) is 10.5 Å². The number of amides is 2. The van der Waals surface area contributed by atoms with Crippen LogP contribution in [0.25, 0.3) is 10.9 Å². The Morgan fingerprint density at radius 1 is 1.18 bits per heavy atom. The number of hydrogen-bond donors (Lipinski definition) is 3. The number of benzene rings is 2. The number of anilines is 1. The van der Waals surface area contributed by atoms with E-state index in [0.717, 1.165) is 23.0 Å². The van der Waals surface area contributed by atoms with E-state index >= 15 is 0 Å². The van der Waals surface area contributed by atoms with Gasteiger partial charge in [-0.25, -0.2) is 4.79 Å². The summed E-state index contributed by atoms with van der Waals surface area (Å²) < 4.78 is 0. The number of carbonyl (C=O) groups excluding carboxylic acids is 1. The van der Waals surface area contributed by atoms with E-state index in [-0.39, 0.29) is 6.03 Å². The Labute approximate surface area is 128 Å². The van der Waals surface area contributed by atoms with Crippen LogP contribution in [0.5, 0.6) is 0 Å². The topological polar surface area (TPSA) is 69.8 Å². The summed E-state index contributed by atoms with van der Waals surface area (Å²) in [5.41, 5.74) is 4.09. The number of aryl methyl sites for hydroxylation is 1. The van der Waals surface area contributed by atoms with Crippen molar-refractivity contribution in [3.05, 3.63) is 59.8 Å². The maximum Gasteiger partial charge on any atom is 0.319 e. The van der Waals surface area contributed by atoms with Gasteiger partial charge in [0.2, 0.25) is 0 Å². The third kappa shape index (κ3) is 3.44. The molecule has 0 saturated carbocycles. The average Bonchev–Trinajstić information content (AvgIpc) is 2.97. The number of hydrogen-bond acceptors (Lipinski definition) is 2. The van der Waals surface area contributed by atoms with Gasteiger partial charge >= 0.3 is 6.03 Å². The normalized spacial score (nSPS) is 10.6. The molecule has 0 spiro atoms. The van der Waals surface area contributed by atoms with Crippen molar-refractivity contribution in [1.82, 2.24) is 15.5 Å². The van der Waals surface area contributed by atoms with Gasteiger partial charge in [-0.1, -0.05) is 29.8 Å². The molecule has 0 saturated heterocycles. The fourth-order valence-corrected chi connectivity index (χ4v) is 2.27. The van der Waals surface area contributed by atoms with Gasteiger partial charge in [0.1, 0.15) is 0 Å². The second-order valence-electron chi connectivity index (χ2n) is 5.29. The molecule has 3 N–H and O–H groups in total. The molecule has 0 bridgehead atoms. The summed E-state index contributed by atoms with van der Waals surface area (Å²) in [5, 5.41) is 13.5. The number of H-pyrrole nitrogens is 1. The van der Waals surface area contributed by atoms with Crippen molar-refractivity contribution in [3.63, 3.8) is 0 Å². The van der Waals surface area contributed by atoms with E-state index in [2.05, 4.69) is 52.0 Å². The third-order valence-electron chi connectivity index (χ3n) is 3.52. The zero-order valence-corrected chi connectivity index (χ0v) is 12.4. The maximum atomic E-state index is 11.9. The van der Waals surface area contributed by atoms with Gasteiger partial charge in [0, 0.05) is 17.6 Å². The van der Waals surface area contributed by atoms with Crippen molar-refractivity contribution in [2.45, 2.75) is 13.3 Å². The van der Waals surface area contributed by atoms with Crippen molar-refractivity contribution >= 4 is 22.6 Å². The molecule has 0 unspecified atom stereocenters. The van der Waals surface area contributed by atoms with Gasteiger partial charge in [-0.05, 0) is 37.1 Å². The molecule has 0 aliphatic rings. The van der Waals surface area contributed by atoms with E-state index in [4.69, 9.17) is 0 Å². The quantitative estimate of drug-likeness (QED) is 0.691. The number of rotatable bonds is 4. The van der Waals surface area contributed by atoms with Gasteiger partial charge in [-0.15, -0.1) is 0 Å². The van der Waals surface area contributed by atoms with Crippen molar-refractivity contribution in [2.24, 2.45) is 0 Å². The molecule has 0 fully saturated rings. The number of urea groups is 1. The average molecular weight is 294 g/mol. The van der Waals surface area contributed by atoms with Crippen LogP contribution in [0.3, 0.4) is 0 Å². The standard InChI is InChI=1S/C17H18N4O/c1-12-2-4-13(5-3-12)8-9-18-17(22)20-15-7-6-14-11-19-21-16(14)10-15/h2-7,10-11H,8-9H2,1H3,(H,19,21)(H2,18,20,22). The summed E-state index contributed by atoms with van der Waals surface area (Å²) in [6, 6.07) is 13.8. The van der Waals surface area contributed by atoms with Crippen LogP contribution in [0.1, 0.15) is 11.1 Å². The SMILES string of the molecule is Cc1ccc(CCNC(=O)Nc2ccc3cn[nH]c3c2)cc1. The lowest BCUT2D eigenvalue weighted by Crippen LogP contribution is -2.30. The minimum atomic E-state index is -0.203. The summed E-state index contributed by atoms with van der Waals surface area (Å²) >= 11 is 0. The van der Waals surface area contributed by atoms with E-state index in [0.29, 0.717) is 6.54 Å². The Kier molecular flexibility index (Phi) is 4.05. The monoisotopic (exact) mass is 294 g/mol. The summed E-state index contributed by atoms with van der Waals surface area (Å²) in [6.07, 6.45) is 2.56. The smallest absolute Gasteiger partial charge is 0.319 e. The molecule has 0 aliphatic heterocycles. The van der Waals surface area contributed by atoms with Gasteiger partial charge in [0.25, 0.3) is 0 Å². The first-order chi connectivity index (χ1) is 10.7. The zero-order chi connectivity index (χ0) is 15.4. The highest BCUT2D eigenvalue weighted by Crippen LogP contribution is 2.16. The van der Waals surface area contributed by atoms with Crippen molar-refractivity contribution in [3.8, 4) is 0 Å². The van der Waals surface area contributed by atoms with Crippen molar-refractivity contribution in [2.75, 3.05) is 11.9 Å². The summed E-state index contributed by atoms with van der Waals surface area (Å²) in [5.74, 6) is 0. The van der Waals surface area contributed by atoms with Crippen LogP contribution in [0.15, 0.2) is 48.7 Å². The van der Waals surface area contributed by atoms with Crippen LogP contribution >= 0.6 is 0 Å². The number of aromatic nitrogens is 2. The Hall–Kier alpha value is -2.82. The molecule has 1 heterocycles. The minimum Gasteiger partial charge on any atom is -0.338 e. The van der Waals surface area contributed by atoms with Crippen LogP contribution in [-0.4, -0.2) is 22.8 Å². The molecule has 112 valence electrons. The summed E-state index contributed by atoms with van der Waals surface area (Å²) in [4.78, 5) is 11.9. The van der Waals surface area contributed by atoms with Crippen molar-refractivity contribution in [1.29, 1.82) is 0 Å². The molecule has 0 radical (unpaired) electrons. The highest BCUT2D eigenvalue weighted by molar-refractivity contribution is 5.92. The number of fused-ring (bicyclic) bond motifs is 1. The first kappa shape index (κ1) is 14.1. The Balaban J connectivity index is 1.50. The predicted octanol–water partition coefficient (Wildman–Crippen LogP) is 3.24. The van der Waals surface area contributed by atoms with Crippen LogP contribution < -0.4 is 10.6 Å². The number of aromatic amines is 1. The van der Waals surface area contributed by atoms with E-state index in [1.54, 1.807) is 6.20 Å². The second-order valence-corrected chi connectivity index (χ2v) is 5.29. The Morgan fingerprint density at radius 3 is 2.82 bits per heavy atom. The lowest BCUT2D eigenvalue weighted by Gasteiger charge is -2.08. The molecule has 2 aromatic carbocycles. The highest BCUT2D eigenvalue weighted by Gasteiger charge is 2.03. The van der Waals surface area contributed by atoms with Crippen LogP contribution in [0.2, 0.25) is 0 Å². The van der Waals surface area contributed by atoms with Gasteiger partial charge in [-0.2, -0.15) is 5.10 Å². The molecule has 22 heavy (non-hydrogen) atoms. The largest absolute Gasteiger partial charge is 0.338 e. The lowest BCUT2D eigenvalue weighted by atomic mass is 10.1. The molecule has 1 aromatic heterocycles. The van der Waals surface area contributed by atoms with Crippen molar-refractivity contribution < 1.29 is 4.79 Å². The van der Waals surface area contributed by atoms with Gasteiger partial charge in [0.05, 0.1) is 11.7 Å². The number of carbonyl (C=O) groups is 1. The highest BCUT2D eigenvalue weighted by atomic mass is 16.2. The maximum absolute atomic E-state index is 11.9. The Bertz CT molecular complexity index is 777. The van der Waals surface area contributed by atoms with Gasteiger partial charge in [-0.3, -0.25) is 5.10 Å². The number of nitrogens with one attached hydrogen (secondary N) is 3. The zero-order valence-electron chi connectivity index (χ0n) is 12.4. The van der Waals surface area contributed by atoms with Gasteiger partial charge < -0.3 is 10.6 Å². The third-order valence-corrected chi connectivity index (χ3v) is 3.52. The molecule has 3 rings (SSSR count). The van der Waals surface area contributed by atoms with E-state index in [1.165, 1.54) is 11.1 Å². The Morgan fingerprint density at radius 2 is 2.00 bits per heavy atom. The molecular formula is C17H18N4O. The summed E-state index contributed by atoms with van der Waals surface area (Å²) in [7, 11) is 0. The van der Waals surface area contributed by atoms with E-state index in [9.17, 15) is 4.79 Å². The lowest BCUT2D eigenvalue weighted by molar-refractivity contribution is 0.252. The van der Waals surface area contributed by atoms with Crippen LogP contribution in [-0.2, 0) is 6.42 Å². The summed E-state index contributed by atoms with van der Waals surface area (Å²) in [6.45, 7) is 2.66. The van der Waals surface area contributed by atoms with Gasteiger partial charge in [0.15, 0.2) is 0 Å². The molecule has 3 aromatic rings. The fourth-order valence-electron chi connectivity index (χ4n) is 2.27. The second kappa shape index (κ2) is 6.30. The number of nitrogens with zero attached hydrogens (tertiary/aromatic N) is 1.